The van der Waals surface area contributed by atoms with Crippen LogP contribution in [-0.4, -0.2) is 0 Å². The fraction of sp³-hybridized carbons (Fsp3) is 0.333. The summed E-state index contributed by atoms with van der Waals surface area (Å²) in [4.78, 5) is 1.49. The summed E-state index contributed by atoms with van der Waals surface area (Å²) >= 11 is 1.85. The van der Waals surface area contributed by atoms with Crippen molar-refractivity contribution < 1.29 is 4.42 Å². The second-order valence-corrected chi connectivity index (χ2v) is 4.53. The van der Waals surface area contributed by atoms with Gasteiger partial charge in [-0.3, -0.25) is 0 Å². The maximum absolute atomic E-state index is 5.27. The first-order chi connectivity index (χ1) is 6.77. The second-order valence-electron chi connectivity index (χ2n) is 3.53. The lowest BCUT2D eigenvalue weighted by Crippen LogP contribution is -1.90. The number of rotatable bonds is 3. The van der Waals surface area contributed by atoms with Crippen LogP contribution in [0.1, 0.15) is 21.8 Å². The minimum atomic E-state index is 1.05. The normalized spacial score (nSPS) is 10.7. The molecule has 1 nitrogen and oxygen atoms in total. The summed E-state index contributed by atoms with van der Waals surface area (Å²) in [6.07, 6.45) is 3.99. The predicted octanol–water partition coefficient (Wildman–Crippen LogP) is 3.74. The number of hydrogen-bond donors (Lipinski definition) is 0. The van der Waals surface area contributed by atoms with E-state index in [1.165, 1.54) is 16.0 Å². The number of thiophene rings is 1. The molecule has 0 amide bonds. The van der Waals surface area contributed by atoms with Crippen LogP contribution in [0.2, 0.25) is 0 Å². The topological polar surface area (TPSA) is 13.1 Å². The van der Waals surface area contributed by atoms with Gasteiger partial charge in [-0.1, -0.05) is 0 Å². The third-order valence-electron chi connectivity index (χ3n) is 2.56. The Labute approximate surface area is 88.4 Å². The van der Waals surface area contributed by atoms with Gasteiger partial charge in [0.15, 0.2) is 0 Å². The van der Waals surface area contributed by atoms with Crippen molar-refractivity contribution in [1.82, 2.24) is 0 Å². The van der Waals surface area contributed by atoms with E-state index in [1.807, 2.05) is 18.3 Å². The van der Waals surface area contributed by atoms with E-state index < -0.39 is 0 Å². The molecule has 0 aromatic carbocycles. The Morgan fingerprint density at radius 3 is 2.64 bits per heavy atom. The molecule has 0 bridgehead atoms. The average molecular weight is 206 g/mol. The monoisotopic (exact) mass is 206 g/mol. The van der Waals surface area contributed by atoms with Crippen LogP contribution in [0, 0.1) is 13.8 Å². The zero-order valence-electron chi connectivity index (χ0n) is 8.54. The summed E-state index contributed by atoms with van der Waals surface area (Å²) < 4.78 is 5.27. The van der Waals surface area contributed by atoms with Crippen molar-refractivity contribution >= 4 is 11.3 Å². The van der Waals surface area contributed by atoms with Crippen LogP contribution in [0.25, 0.3) is 0 Å². The minimum absolute atomic E-state index is 1.05. The highest BCUT2D eigenvalue weighted by Gasteiger charge is 2.04. The second kappa shape index (κ2) is 4.01. The highest BCUT2D eigenvalue weighted by atomic mass is 32.1. The molecule has 0 fully saturated rings. The Hall–Kier alpha value is -1.02. The lowest BCUT2D eigenvalue weighted by Gasteiger charge is -1.98. The quantitative estimate of drug-likeness (QED) is 0.745. The molecule has 0 radical (unpaired) electrons. The first kappa shape index (κ1) is 9.53. The van der Waals surface area contributed by atoms with Crippen LogP contribution in [0.5, 0.6) is 0 Å². The van der Waals surface area contributed by atoms with Crippen LogP contribution in [-0.2, 0) is 12.8 Å². The molecule has 0 saturated carbocycles. The minimum Gasteiger partial charge on any atom is -0.469 e. The lowest BCUT2D eigenvalue weighted by atomic mass is 10.1. The van der Waals surface area contributed by atoms with Crippen molar-refractivity contribution in [1.29, 1.82) is 0 Å². The molecule has 2 aromatic heterocycles. The van der Waals surface area contributed by atoms with Crippen molar-refractivity contribution in [2.75, 3.05) is 0 Å². The summed E-state index contributed by atoms with van der Waals surface area (Å²) in [6, 6.07) is 4.25. The van der Waals surface area contributed by atoms with Gasteiger partial charge in [-0.05, 0) is 55.3 Å². The Balaban J connectivity index is 2.02. The van der Waals surface area contributed by atoms with E-state index in [0.29, 0.717) is 0 Å². The first-order valence-electron chi connectivity index (χ1n) is 4.83. The average Bonchev–Trinajstić information content (AvgIpc) is 2.72. The summed E-state index contributed by atoms with van der Waals surface area (Å²) in [5.74, 6) is 1.05. The van der Waals surface area contributed by atoms with E-state index in [0.717, 1.165) is 18.6 Å². The van der Waals surface area contributed by atoms with Gasteiger partial charge in [0.05, 0.1) is 6.26 Å². The Morgan fingerprint density at radius 1 is 1.21 bits per heavy atom. The molecule has 0 saturated heterocycles. The number of aryl methyl sites for hydroxylation is 4. The van der Waals surface area contributed by atoms with Gasteiger partial charge in [0, 0.05) is 4.88 Å². The Kier molecular flexibility index (Phi) is 2.73. The molecular weight excluding hydrogens is 192 g/mol. The summed E-state index contributed by atoms with van der Waals surface area (Å²) in [6.45, 7) is 4.20. The first-order valence-corrected chi connectivity index (χ1v) is 5.71. The van der Waals surface area contributed by atoms with Gasteiger partial charge in [-0.2, -0.15) is 0 Å². The molecule has 2 aromatic rings. The Morgan fingerprint density at radius 2 is 2.07 bits per heavy atom. The van der Waals surface area contributed by atoms with Crippen molar-refractivity contribution in [3.63, 3.8) is 0 Å². The third kappa shape index (κ3) is 1.90. The van der Waals surface area contributed by atoms with Gasteiger partial charge in [-0.25, -0.2) is 0 Å². The van der Waals surface area contributed by atoms with E-state index in [2.05, 4.69) is 24.4 Å². The van der Waals surface area contributed by atoms with Crippen molar-refractivity contribution in [3.05, 3.63) is 45.5 Å². The van der Waals surface area contributed by atoms with Gasteiger partial charge in [0.25, 0.3) is 0 Å². The van der Waals surface area contributed by atoms with E-state index in [9.17, 15) is 0 Å². The van der Waals surface area contributed by atoms with Gasteiger partial charge in [-0.15, -0.1) is 11.3 Å². The van der Waals surface area contributed by atoms with Gasteiger partial charge in [0.2, 0.25) is 0 Å². The standard InChI is InChI=1S/C12H14OS/c1-9-6-8-14-12(9)4-3-11-5-7-13-10(11)2/h5-8H,3-4H2,1-2H3. The molecule has 0 atom stereocenters. The van der Waals surface area contributed by atoms with Crippen LogP contribution in [0.15, 0.2) is 28.2 Å². The number of furan rings is 1. The fourth-order valence-electron chi connectivity index (χ4n) is 1.58. The molecule has 2 heteroatoms. The molecular formula is C12H14OS. The highest BCUT2D eigenvalue weighted by Crippen LogP contribution is 2.19. The van der Waals surface area contributed by atoms with Gasteiger partial charge in [0.1, 0.15) is 5.76 Å². The Bertz CT molecular complexity index is 371. The van der Waals surface area contributed by atoms with Crippen LogP contribution >= 0.6 is 11.3 Å². The zero-order valence-corrected chi connectivity index (χ0v) is 9.36. The zero-order chi connectivity index (χ0) is 9.97. The molecule has 2 rings (SSSR count). The molecule has 0 aliphatic carbocycles. The van der Waals surface area contributed by atoms with E-state index in [4.69, 9.17) is 4.42 Å². The fourth-order valence-corrected chi connectivity index (χ4v) is 2.49. The summed E-state index contributed by atoms with van der Waals surface area (Å²) in [5.41, 5.74) is 2.74. The van der Waals surface area contributed by atoms with Crippen molar-refractivity contribution in [2.24, 2.45) is 0 Å². The highest BCUT2D eigenvalue weighted by molar-refractivity contribution is 7.10. The van der Waals surface area contributed by atoms with E-state index in [1.54, 1.807) is 6.26 Å². The van der Waals surface area contributed by atoms with Gasteiger partial charge >= 0.3 is 0 Å². The largest absolute Gasteiger partial charge is 0.469 e. The molecule has 74 valence electrons. The molecule has 2 heterocycles. The summed E-state index contributed by atoms with van der Waals surface area (Å²) in [7, 11) is 0. The molecule has 0 N–H and O–H groups in total. The van der Waals surface area contributed by atoms with Crippen molar-refractivity contribution in [3.8, 4) is 0 Å². The van der Waals surface area contributed by atoms with Crippen LogP contribution < -0.4 is 0 Å². The molecule has 0 unspecified atom stereocenters. The third-order valence-corrected chi connectivity index (χ3v) is 3.64. The summed E-state index contributed by atoms with van der Waals surface area (Å²) in [5, 5.41) is 2.16. The van der Waals surface area contributed by atoms with E-state index >= 15 is 0 Å². The van der Waals surface area contributed by atoms with E-state index in [-0.39, 0.29) is 0 Å². The SMILES string of the molecule is Cc1ccsc1CCc1ccoc1C. The predicted molar refractivity (Wildman–Crippen MR) is 59.9 cm³/mol. The lowest BCUT2D eigenvalue weighted by molar-refractivity contribution is 0.529. The van der Waals surface area contributed by atoms with Crippen molar-refractivity contribution in [2.45, 2.75) is 26.7 Å². The smallest absolute Gasteiger partial charge is 0.103 e. The molecule has 0 aliphatic rings. The maximum Gasteiger partial charge on any atom is 0.103 e. The maximum atomic E-state index is 5.27. The van der Waals surface area contributed by atoms with Gasteiger partial charge < -0.3 is 4.42 Å². The molecule has 0 aliphatic heterocycles. The van der Waals surface area contributed by atoms with Crippen LogP contribution in [0.3, 0.4) is 0 Å². The molecule has 0 spiro atoms. The molecule has 14 heavy (non-hydrogen) atoms. The van der Waals surface area contributed by atoms with Crippen LogP contribution in [0.4, 0.5) is 0 Å². The number of hydrogen-bond acceptors (Lipinski definition) is 2.